The number of amides is 2. The molecule has 164 valence electrons. The molecular formula is C23H27N3O5. The van der Waals surface area contributed by atoms with E-state index in [-0.39, 0.29) is 18.2 Å². The molecule has 8 nitrogen and oxygen atoms in total. The van der Waals surface area contributed by atoms with Crippen molar-refractivity contribution in [3.05, 3.63) is 59.7 Å². The number of carbonyl (C=O) groups excluding carboxylic acids is 3. The largest absolute Gasteiger partial charge is 0.465 e. The molecule has 1 aliphatic heterocycles. The van der Waals surface area contributed by atoms with Crippen molar-refractivity contribution >= 4 is 29.2 Å². The monoisotopic (exact) mass is 425 g/mol. The van der Waals surface area contributed by atoms with E-state index in [2.05, 4.69) is 15.5 Å². The molecule has 1 heterocycles. The minimum atomic E-state index is -0.513. The molecule has 2 aromatic rings. The molecular weight excluding hydrogens is 398 g/mol. The molecule has 0 bridgehead atoms. The van der Waals surface area contributed by atoms with E-state index < -0.39 is 5.97 Å². The molecule has 1 saturated heterocycles. The summed E-state index contributed by atoms with van der Waals surface area (Å²) in [4.78, 5) is 38.8. The molecule has 2 N–H and O–H groups in total. The molecule has 2 amide bonds. The fourth-order valence-corrected chi connectivity index (χ4v) is 3.29. The first-order valence-corrected chi connectivity index (χ1v) is 10.3. The number of carbonyl (C=O) groups is 3. The Balaban J connectivity index is 1.54. The van der Waals surface area contributed by atoms with Gasteiger partial charge in [0.2, 0.25) is 5.91 Å². The van der Waals surface area contributed by atoms with E-state index in [9.17, 15) is 14.4 Å². The van der Waals surface area contributed by atoms with Crippen molar-refractivity contribution in [3.63, 3.8) is 0 Å². The number of benzene rings is 2. The van der Waals surface area contributed by atoms with Gasteiger partial charge < -0.3 is 25.0 Å². The molecule has 3 rings (SSSR count). The molecule has 0 atom stereocenters. The molecule has 31 heavy (non-hydrogen) atoms. The number of hydrogen-bond acceptors (Lipinski definition) is 6. The molecule has 0 aliphatic carbocycles. The first-order chi connectivity index (χ1) is 15.1. The molecule has 2 aromatic carbocycles. The summed E-state index contributed by atoms with van der Waals surface area (Å²) in [5.41, 5.74) is 2.17. The predicted octanol–water partition coefficient (Wildman–Crippen LogP) is 2.46. The highest BCUT2D eigenvalue weighted by Gasteiger charge is 2.18. The molecule has 1 aliphatic rings. The third-order valence-electron chi connectivity index (χ3n) is 4.96. The number of morpholine rings is 1. The SMILES string of the molecule is COC(=O)c1cc(N2CCOCC2)ccc1NC(=O)CCCNC(=O)c1ccccc1. The maximum atomic E-state index is 12.4. The quantitative estimate of drug-likeness (QED) is 0.498. The molecule has 0 unspecified atom stereocenters. The Labute approximate surface area is 181 Å². The van der Waals surface area contributed by atoms with Crippen molar-refractivity contribution in [2.45, 2.75) is 12.8 Å². The van der Waals surface area contributed by atoms with Crippen LogP contribution in [0.1, 0.15) is 33.6 Å². The Morgan fingerprint density at radius 1 is 1.06 bits per heavy atom. The van der Waals surface area contributed by atoms with Gasteiger partial charge in [0.1, 0.15) is 0 Å². The fraction of sp³-hybridized carbons (Fsp3) is 0.348. The van der Waals surface area contributed by atoms with Crippen LogP contribution in [0.5, 0.6) is 0 Å². The Bertz CT molecular complexity index is 911. The van der Waals surface area contributed by atoms with Crippen LogP contribution in [0, 0.1) is 0 Å². The molecule has 1 fully saturated rings. The lowest BCUT2D eigenvalue weighted by Crippen LogP contribution is -2.36. The average molecular weight is 425 g/mol. The Morgan fingerprint density at radius 3 is 2.52 bits per heavy atom. The van der Waals surface area contributed by atoms with Crippen LogP contribution in [0.3, 0.4) is 0 Å². The summed E-state index contributed by atoms with van der Waals surface area (Å²) >= 11 is 0. The molecule has 0 saturated carbocycles. The van der Waals surface area contributed by atoms with Gasteiger partial charge in [0.05, 0.1) is 31.6 Å². The molecule has 0 aromatic heterocycles. The van der Waals surface area contributed by atoms with Crippen LogP contribution in [-0.2, 0) is 14.3 Å². The van der Waals surface area contributed by atoms with Gasteiger partial charge in [-0.2, -0.15) is 0 Å². The zero-order valence-corrected chi connectivity index (χ0v) is 17.6. The minimum Gasteiger partial charge on any atom is -0.465 e. The van der Waals surface area contributed by atoms with E-state index >= 15 is 0 Å². The first-order valence-electron chi connectivity index (χ1n) is 10.3. The van der Waals surface area contributed by atoms with Gasteiger partial charge in [0.15, 0.2) is 0 Å². The van der Waals surface area contributed by atoms with Crippen LogP contribution in [0.25, 0.3) is 0 Å². The average Bonchev–Trinajstić information content (AvgIpc) is 2.82. The summed E-state index contributed by atoms with van der Waals surface area (Å²) in [6.07, 6.45) is 0.685. The van der Waals surface area contributed by atoms with Gasteiger partial charge >= 0.3 is 5.97 Å². The van der Waals surface area contributed by atoms with Gasteiger partial charge in [-0.15, -0.1) is 0 Å². The summed E-state index contributed by atoms with van der Waals surface area (Å²) in [6, 6.07) is 14.2. The van der Waals surface area contributed by atoms with Crippen molar-refractivity contribution < 1.29 is 23.9 Å². The van der Waals surface area contributed by atoms with Gasteiger partial charge in [-0.1, -0.05) is 18.2 Å². The van der Waals surface area contributed by atoms with Crippen molar-refractivity contribution in [3.8, 4) is 0 Å². The maximum Gasteiger partial charge on any atom is 0.340 e. The molecule has 0 radical (unpaired) electrons. The van der Waals surface area contributed by atoms with Crippen molar-refractivity contribution in [1.82, 2.24) is 5.32 Å². The van der Waals surface area contributed by atoms with E-state index in [4.69, 9.17) is 9.47 Å². The predicted molar refractivity (Wildman–Crippen MR) is 117 cm³/mol. The highest BCUT2D eigenvalue weighted by atomic mass is 16.5. The van der Waals surface area contributed by atoms with Crippen LogP contribution in [0.2, 0.25) is 0 Å². The lowest BCUT2D eigenvalue weighted by molar-refractivity contribution is -0.116. The van der Waals surface area contributed by atoms with E-state index in [0.717, 1.165) is 18.8 Å². The van der Waals surface area contributed by atoms with Crippen LogP contribution in [0.15, 0.2) is 48.5 Å². The smallest absolute Gasteiger partial charge is 0.340 e. The van der Waals surface area contributed by atoms with Gasteiger partial charge in [-0.25, -0.2) is 4.79 Å². The number of hydrogen-bond donors (Lipinski definition) is 2. The second kappa shape index (κ2) is 11.1. The zero-order valence-electron chi connectivity index (χ0n) is 17.6. The normalized spacial score (nSPS) is 13.4. The number of methoxy groups -OCH3 is 1. The number of anilines is 2. The second-order valence-electron chi connectivity index (χ2n) is 7.09. The lowest BCUT2D eigenvalue weighted by Gasteiger charge is -2.29. The Kier molecular flexibility index (Phi) is 8.00. The maximum absolute atomic E-state index is 12.4. The zero-order chi connectivity index (χ0) is 22.1. The number of esters is 1. The van der Waals surface area contributed by atoms with Crippen LogP contribution in [0.4, 0.5) is 11.4 Å². The van der Waals surface area contributed by atoms with Crippen molar-refractivity contribution in [2.24, 2.45) is 0 Å². The lowest BCUT2D eigenvalue weighted by atomic mass is 10.1. The number of nitrogens with one attached hydrogen (secondary N) is 2. The minimum absolute atomic E-state index is 0.173. The number of nitrogens with zero attached hydrogens (tertiary/aromatic N) is 1. The second-order valence-corrected chi connectivity index (χ2v) is 7.09. The van der Waals surface area contributed by atoms with Gasteiger partial charge in [-0.05, 0) is 36.8 Å². The van der Waals surface area contributed by atoms with Crippen LogP contribution >= 0.6 is 0 Å². The van der Waals surface area contributed by atoms with Gasteiger partial charge in [-0.3, -0.25) is 9.59 Å². The summed E-state index contributed by atoms with van der Waals surface area (Å²) in [7, 11) is 1.31. The van der Waals surface area contributed by atoms with Gasteiger partial charge in [0.25, 0.3) is 5.91 Å². The van der Waals surface area contributed by atoms with E-state index in [1.165, 1.54) is 7.11 Å². The molecule has 8 heteroatoms. The van der Waals surface area contributed by atoms with E-state index in [0.29, 0.717) is 43.0 Å². The first kappa shape index (κ1) is 22.3. The number of rotatable bonds is 8. The van der Waals surface area contributed by atoms with Crippen LogP contribution < -0.4 is 15.5 Å². The van der Waals surface area contributed by atoms with Crippen molar-refractivity contribution in [1.29, 1.82) is 0 Å². The van der Waals surface area contributed by atoms with E-state index in [1.54, 1.807) is 36.4 Å². The fourth-order valence-electron chi connectivity index (χ4n) is 3.29. The summed E-state index contributed by atoms with van der Waals surface area (Å²) in [5, 5.41) is 5.57. The third kappa shape index (κ3) is 6.29. The van der Waals surface area contributed by atoms with E-state index in [1.807, 2.05) is 12.1 Å². The highest BCUT2D eigenvalue weighted by Crippen LogP contribution is 2.25. The summed E-state index contributed by atoms with van der Waals surface area (Å²) in [5.74, 6) is -0.925. The third-order valence-corrected chi connectivity index (χ3v) is 4.96. The highest BCUT2D eigenvalue weighted by molar-refractivity contribution is 6.02. The van der Waals surface area contributed by atoms with Gasteiger partial charge in [0, 0.05) is 37.3 Å². The van der Waals surface area contributed by atoms with Crippen LogP contribution in [-0.4, -0.2) is 57.7 Å². The standard InChI is InChI=1S/C23H27N3O5/c1-30-23(29)19-16-18(26-12-14-31-15-13-26)9-10-20(19)25-21(27)8-5-11-24-22(28)17-6-3-2-4-7-17/h2-4,6-7,9-10,16H,5,8,11-15H2,1H3,(H,24,28)(H,25,27). The summed E-state index contributed by atoms with van der Waals surface area (Å²) in [6.45, 7) is 3.11. The van der Waals surface area contributed by atoms with Crippen molar-refractivity contribution in [2.75, 3.05) is 50.2 Å². The Hall–Kier alpha value is -3.39. The summed E-state index contributed by atoms with van der Waals surface area (Å²) < 4.78 is 10.3. The number of ether oxygens (including phenoxy) is 2. The topological polar surface area (TPSA) is 97.0 Å². The Morgan fingerprint density at radius 2 is 1.81 bits per heavy atom. The molecule has 0 spiro atoms.